The Bertz CT molecular complexity index is 321. The Morgan fingerprint density at radius 1 is 0.895 bits per heavy atom. The molecule has 0 bridgehead atoms. The van der Waals surface area contributed by atoms with Crippen molar-refractivity contribution in [3.63, 3.8) is 0 Å². The van der Waals surface area contributed by atoms with Crippen molar-refractivity contribution in [3.05, 3.63) is 0 Å². The number of amides is 3. The Morgan fingerprint density at radius 3 is 2.00 bits per heavy atom. The van der Waals surface area contributed by atoms with Gasteiger partial charge in [-0.3, -0.25) is 4.79 Å². The molecule has 0 aromatic carbocycles. The SMILES string of the molecule is CCCC(=O)N1CCN(C(=O)N2CCOCC2)CC1. The Labute approximate surface area is 114 Å². The Hall–Kier alpha value is -1.30. The summed E-state index contributed by atoms with van der Waals surface area (Å²) < 4.78 is 5.25. The normalized spacial score (nSPS) is 20.6. The van der Waals surface area contributed by atoms with Crippen LogP contribution in [0.5, 0.6) is 0 Å². The first-order valence-corrected chi connectivity index (χ1v) is 7.11. The van der Waals surface area contributed by atoms with Crippen molar-refractivity contribution >= 4 is 11.9 Å². The third-order valence-corrected chi connectivity index (χ3v) is 3.65. The zero-order chi connectivity index (χ0) is 13.7. The minimum Gasteiger partial charge on any atom is -0.378 e. The number of urea groups is 1. The molecule has 0 radical (unpaired) electrons. The van der Waals surface area contributed by atoms with Crippen LogP contribution in [0.2, 0.25) is 0 Å². The molecule has 2 aliphatic heterocycles. The molecule has 6 nitrogen and oxygen atoms in total. The lowest BCUT2D eigenvalue weighted by Crippen LogP contribution is -2.55. The molecule has 2 fully saturated rings. The van der Waals surface area contributed by atoms with Gasteiger partial charge in [0.05, 0.1) is 13.2 Å². The second-order valence-corrected chi connectivity index (χ2v) is 5.00. The largest absolute Gasteiger partial charge is 0.378 e. The summed E-state index contributed by atoms with van der Waals surface area (Å²) in [6, 6.07) is 0.0888. The predicted octanol–water partition coefficient (Wildman–Crippen LogP) is 0.383. The van der Waals surface area contributed by atoms with E-state index >= 15 is 0 Å². The predicted molar refractivity (Wildman–Crippen MR) is 70.8 cm³/mol. The van der Waals surface area contributed by atoms with Gasteiger partial charge in [0.15, 0.2) is 0 Å². The topological polar surface area (TPSA) is 53.1 Å². The van der Waals surface area contributed by atoms with Gasteiger partial charge in [-0.2, -0.15) is 0 Å². The summed E-state index contributed by atoms with van der Waals surface area (Å²) in [5.41, 5.74) is 0. The number of carbonyl (C=O) groups excluding carboxylic acids is 2. The van der Waals surface area contributed by atoms with E-state index in [0.717, 1.165) is 6.42 Å². The number of rotatable bonds is 2. The fourth-order valence-electron chi connectivity index (χ4n) is 2.47. The van der Waals surface area contributed by atoms with E-state index in [1.165, 1.54) is 0 Å². The van der Waals surface area contributed by atoms with Crippen LogP contribution in [0.1, 0.15) is 19.8 Å². The second-order valence-electron chi connectivity index (χ2n) is 5.00. The molecule has 6 heteroatoms. The van der Waals surface area contributed by atoms with E-state index in [4.69, 9.17) is 4.74 Å². The van der Waals surface area contributed by atoms with Gasteiger partial charge in [-0.05, 0) is 6.42 Å². The lowest BCUT2D eigenvalue weighted by molar-refractivity contribution is -0.132. The number of nitrogens with zero attached hydrogens (tertiary/aromatic N) is 3. The molecular weight excluding hydrogens is 246 g/mol. The summed E-state index contributed by atoms with van der Waals surface area (Å²) in [4.78, 5) is 29.6. The summed E-state index contributed by atoms with van der Waals surface area (Å²) in [5.74, 6) is 0.209. The van der Waals surface area contributed by atoms with E-state index in [1.807, 2.05) is 21.6 Å². The minimum absolute atomic E-state index is 0.0888. The van der Waals surface area contributed by atoms with Crippen molar-refractivity contribution in [3.8, 4) is 0 Å². The van der Waals surface area contributed by atoms with Crippen molar-refractivity contribution < 1.29 is 14.3 Å². The van der Waals surface area contributed by atoms with Gasteiger partial charge in [-0.1, -0.05) is 6.92 Å². The summed E-state index contributed by atoms with van der Waals surface area (Å²) >= 11 is 0. The van der Waals surface area contributed by atoms with E-state index in [0.29, 0.717) is 58.9 Å². The monoisotopic (exact) mass is 269 g/mol. The molecule has 0 aromatic rings. The van der Waals surface area contributed by atoms with Crippen LogP contribution in [0.3, 0.4) is 0 Å². The molecule has 2 rings (SSSR count). The van der Waals surface area contributed by atoms with Crippen molar-refractivity contribution in [2.45, 2.75) is 19.8 Å². The molecule has 0 saturated carbocycles. The summed E-state index contributed by atoms with van der Waals surface area (Å²) in [7, 11) is 0. The highest BCUT2D eigenvalue weighted by Gasteiger charge is 2.27. The molecule has 2 aliphatic rings. The van der Waals surface area contributed by atoms with E-state index < -0.39 is 0 Å². The first kappa shape index (κ1) is 14.1. The fraction of sp³-hybridized carbons (Fsp3) is 0.846. The highest BCUT2D eigenvalue weighted by molar-refractivity contribution is 5.77. The average Bonchev–Trinajstić information content (AvgIpc) is 2.48. The molecule has 0 atom stereocenters. The smallest absolute Gasteiger partial charge is 0.320 e. The molecular formula is C13H23N3O3. The molecule has 0 aliphatic carbocycles. The molecule has 0 unspecified atom stereocenters. The first-order valence-electron chi connectivity index (χ1n) is 7.11. The first-order chi connectivity index (χ1) is 9.22. The highest BCUT2D eigenvalue weighted by Crippen LogP contribution is 2.09. The standard InChI is InChI=1S/C13H23N3O3/c1-2-3-12(17)14-4-6-15(7-5-14)13(18)16-8-10-19-11-9-16/h2-11H2,1H3. The van der Waals surface area contributed by atoms with E-state index in [-0.39, 0.29) is 11.9 Å². The van der Waals surface area contributed by atoms with Crippen LogP contribution in [-0.4, -0.2) is 79.1 Å². The summed E-state index contributed by atoms with van der Waals surface area (Å²) in [6.07, 6.45) is 1.49. The molecule has 2 heterocycles. The number of piperazine rings is 1. The van der Waals surface area contributed by atoms with Gasteiger partial charge in [0.1, 0.15) is 0 Å². The van der Waals surface area contributed by atoms with E-state index in [2.05, 4.69) is 0 Å². The maximum absolute atomic E-state index is 12.2. The van der Waals surface area contributed by atoms with Gasteiger partial charge in [0, 0.05) is 45.7 Å². The maximum Gasteiger partial charge on any atom is 0.320 e. The average molecular weight is 269 g/mol. The molecule has 108 valence electrons. The number of ether oxygens (including phenoxy) is 1. The Kier molecular flexibility index (Phi) is 5.01. The lowest BCUT2D eigenvalue weighted by atomic mass is 10.2. The molecule has 19 heavy (non-hydrogen) atoms. The van der Waals surface area contributed by atoms with Crippen LogP contribution >= 0.6 is 0 Å². The van der Waals surface area contributed by atoms with Crippen LogP contribution in [0.25, 0.3) is 0 Å². The zero-order valence-corrected chi connectivity index (χ0v) is 11.6. The highest BCUT2D eigenvalue weighted by atomic mass is 16.5. The van der Waals surface area contributed by atoms with Crippen LogP contribution in [0.4, 0.5) is 4.79 Å². The van der Waals surface area contributed by atoms with Crippen molar-refractivity contribution in [2.24, 2.45) is 0 Å². The molecule has 0 N–H and O–H groups in total. The van der Waals surface area contributed by atoms with Gasteiger partial charge < -0.3 is 19.4 Å². The Morgan fingerprint density at radius 2 is 1.42 bits per heavy atom. The Balaban J connectivity index is 1.79. The van der Waals surface area contributed by atoms with Gasteiger partial charge >= 0.3 is 6.03 Å². The summed E-state index contributed by atoms with van der Waals surface area (Å²) in [6.45, 7) is 7.22. The number of hydrogen-bond donors (Lipinski definition) is 0. The molecule has 0 spiro atoms. The lowest BCUT2D eigenvalue weighted by Gasteiger charge is -2.38. The zero-order valence-electron chi connectivity index (χ0n) is 11.6. The van der Waals surface area contributed by atoms with Crippen molar-refractivity contribution in [1.29, 1.82) is 0 Å². The second kappa shape index (κ2) is 6.75. The third kappa shape index (κ3) is 3.59. The third-order valence-electron chi connectivity index (χ3n) is 3.65. The van der Waals surface area contributed by atoms with Crippen LogP contribution in [0.15, 0.2) is 0 Å². The van der Waals surface area contributed by atoms with E-state index in [9.17, 15) is 9.59 Å². The van der Waals surface area contributed by atoms with Crippen LogP contribution in [-0.2, 0) is 9.53 Å². The minimum atomic E-state index is 0.0888. The molecule has 3 amide bonds. The van der Waals surface area contributed by atoms with Gasteiger partial charge in [0.25, 0.3) is 0 Å². The number of hydrogen-bond acceptors (Lipinski definition) is 3. The van der Waals surface area contributed by atoms with Gasteiger partial charge in [-0.15, -0.1) is 0 Å². The van der Waals surface area contributed by atoms with Crippen molar-refractivity contribution in [2.75, 3.05) is 52.5 Å². The number of morpholine rings is 1. The molecule has 2 saturated heterocycles. The van der Waals surface area contributed by atoms with Crippen molar-refractivity contribution in [1.82, 2.24) is 14.7 Å². The molecule has 0 aromatic heterocycles. The fourth-order valence-corrected chi connectivity index (χ4v) is 2.47. The quantitative estimate of drug-likeness (QED) is 0.728. The van der Waals surface area contributed by atoms with Crippen LogP contribution in [0, 0.1) is 0 Å². The van der Waals surface area contributed by atoms with Crippen LogP contribution < -0.4 is 0 Å². The van der Waals surface area contributed by atoms with E-state index in [1.54, 1.807) is 0 Å². The maximum atomic E-state index is 12.2. The number of carbonyl (C=O) groups is 2. The van der Waals surface area contributed by atoms with Gasteiger partial charge in [0.2, 0.25) is 5.91 Å². The summed E-state index contributed by atoms with van der Waals surface area (Å²) in [5, 5.41) is 0. The van der Waals surface area contributed by atoms with Gasteiger partial charge in [-0.25, -0.2) is 4.79 Å².